The summed E-state index contributed by atoms with van der Waals surface area (Å²) in [5, 5.41) is 6.89. The van der Waals surface area contributed by atoms with E-state index < -0.39 is 8.25 Å². The van der Waals surface area contributed by atoms with Gasteiger partial charge in [-0.1, -0.05) is 0 Å². The minimum Gasteiger partial charge on any atom is -0.483 e. The Bertz CT molecular complexity index is 57.4. The van der Waals surface area contributed by atoms with Crippen LogP contribution < -0.4 is 0 Å². The van der Waals surface area contributed by atoms with Gasteiger partial charge in [-0.05, 0) is 0 Å². The van der Waals surface area contributed by atoms with Gasteiger partial charge in [-0.15, -0.1) is 0 Å². The van der Waals surface area contributed by atoms with Crippen LogP contribution in [0.5, 0.6) is 0 Å². The molecule has 0 radical (unpaired) electrons. The van der Waals surface area contributed by atoms with E-state index >= 15 is 0 Å². The maximum Gasteiger partial charge on any atom is 0.314 e. The Morgan fingerprint density at radius 3 is 1.38 bits per heavy atom. The van der Waals surface area contributed by atoms with E-state index in [-0.39, 0.29) is 16.4 Å². The zero-order chi connectivity index (χ0) is 6.28. The van der Waals surface area contributed by atoms with Crippen LogP contribution in [0.4, 0.5) is 0 Å². The molecule has 0 fully saturated rings. The molecule has 1 unspecified atom stereocenters. The molecule has 0 saturated carbocycles. The van der Waals surface area contributed by atoms with E-state index in [1.165, 1.54) is 0 Å². The summed E-state index contributed by atoms with van der Waals surface area (Å²) in [4.78, 5) is 22.7. The average Bonchev–Trinajstić information content (AvgIpc) is 1.33. The topological polar surface area (TPSA) is 94.8 Å². The van der Waals surface area contributed by atoms with Gasteiger partial charge in [0.2, 0.25) is 0 Å². The molecule has 0 spiro atoms. The molecule has 0 rings (SSSR count). The molecule has 52 valence electrons. The van der Waals surface area contributed by atoms with Crippen LogP contribution in [-0.2, 0) is 9.36 Å². The lowest BCUT2D eigenvalue weighted by Gasteiger charge is -1.61. The highest BCUT2D eigenvalue weighted by molar-refractivity contribution is 7.30. The van der Waals surface area contributed by atoms with Crippen molar-refractivity contribution in [3.63, 3.8) is 0 Å². The van der Waals surface area contributed by atoms with E-state index in [0.717, 1.165) is 0 Å². The maximum atomic E-state index is 8.74. The van der Waals surface area contributed by atoms with Crippen LogP contribution in [0.1, 0.15) is 0 Å². The molecule has 0 heterocycles. The first-order chi connectivity index (χ1) is 3.15. The second-order valence-electron chi connectivity index (χ2n) is 0.388. The van der Waals surface area contributed by atoms with Gasteiger partial charge in [0.05, 0.1) is 0 Å². The summed E-state index contributed by atoms with van der Waals surface area (Å²) < 4.78 is 8.74. The number of carbonyl (C=O) groups is 1. The summed E-state index contributed by atoms with van der Waals surface area (Å²) in [6.07, 6.45) is 0. The van der Waals surface area contributed by atoms with Crippen molar-refractivity contribution in [1.82, 2.24) is 0 Å². The van der Waals surface area contributed by atoms with Crippen LogP contribution in [0.15, 0.2) is 0 Å². The Morgan fingerprint density at radius 1 is 1.38 bits per heavy atom. The Morgan fingerprint density at radius 2 is 1.38 bits per heavy atom. The number of hydrogen-bond donors (Lipinski definition) is 3. The van der Waals surface area contributed by atoms with Crippen molar-refractivity contribution in [2.45, 2.75) is 0 Å². The summed E-state index contributed by atoms with van der Waals surface area (Å²) in [6.45, 7) is -0.250. The third kappa shape index (κ3) is 61700. The molecule has 5 nitrogen and oxygen atoms in total. The van der Waals surface area contributed by atoms with Gasteiger partial charge in [0.25, 0.3) is 6.47 Å². The van der Waals surface area contributed by atoms with Crippen LogP contribution >= 0.6 is 18.2 Å². The van der Waals surface area contributed by atoms with Crippen molar-refractivity contribution in [1.29, 1.82) is 0 Å². The van der Waals surface area contributed by atoms with Gasteiger partial charge in [-0.2, -0.15) is 9.90 Å². The predicted octanol–water partition coefficient (Wildman–Crippen LogP) is -0.880. The number of hydrogen-bond acceptors (Lipinski definition) is 2. The van der Waals surface area contributed by atoms with Crippen molar-refractivity contribution >= 4 is 24.6 Å². The first-order valence-corrected chi connectivity index (χ1v) is 2.45. The van der Waals surface area contributed by atoms with Gasteiger partial charge in [0.15, 0.2) is 0 Å². The first-order valence-electron chi connectivity index (χ1n) is 1.15. The molecule has 0 aliphatic rings. The number of carboxylic acid groups (broad SMARTS) is 1. The van der Waals surface area contributed by atoms with Crippen LogP contribution in [-0.4, -0.2) is 21.4 Å². The van der Waals surface area contributed by atoms with E-state index in [2.05, 4.69) is 0 Å². The third-order valence-electron chi connectivity index (χ3n) is 0. The van der Waals surface area contributed by atoms with Crippen LogP contribution in [0.25, 0.3) is 0 Å². The van der Waals surface area contributed by atoms with Crippen LogP contribution in [0.2, 0.25) is 0 Å². The first kappa shape index (κ1) is 15.7. The molecule has 3 N–H and O–H groups in total. The van der Waals surface area contributed by atoms with Crippen molar-refractivity contribution in [3.8, 4) is 0 Å². The van der Waals surface area contributed by atoms with Crippen molar-refractivity contribution < 1.29 is 24.3 Å². The average molecular weight is 162 g/mol. The van der Waals surface area contributed by atoms with Crippen LogP contribution in [0, 0.1) is 0 Å². The van der Waals surface area contributed by atoms with E-state index in [0.29, 0.717) is 0 Å². The summed E-state index contributed by atoms with van der Waals surface area (Å²) >= 11 is 0. The molecule has 0 aromatic heterocycles. The lowest BCUT2D eigenvalue weighted by atomic mass is 11.7. The predicted molar refractivity (Wildman–Crippen MR) is 33.2 cm³/mol. The second-order valence-corrected chi connectivity index (χ2v) is 0.953. The molecule has 0 aliphatic carbocycles. The highest BCUT2D eigenvalue weighted by Gasteiger charge is 1.61. The summed E-state index contributed by atoms with van der Waals surface area (Å²) in [7, 11) is -3.13. The highest BCUT2D eigenvalue weighted by atomic mass is 31.1. The zero-order valence-corrected chi connectivity index (χ0v) is 6.36. The molecule has 0 bridgehead atoms. The smallest absolute Gasteiger partial charge is 0.314 e. The number of rotatable bonds is 0. The Labute approximate surface area is 49.9 Å². The minimum absolute atomic E-state index is 0. The molecule has 1 atom stereocenters. The molecule has 0 aromatic rings. The van der Waals surface area contributed by atoms with Gasteiger partial charge < -0.3 is 14.9 Å². The zero-order valence-electron chi connectivity index (χ0n) is 3.94. The van der Waals surface area contributed by atoms with E-state index in [1.54, 1.807) is 0 Å². The SMILES string of the molecule is O=CO.O=[PH](O)O.P. The quantitative estimate of drug-likeness (QED) is 0.317. The maximum absolute atomic E-state index is 8.74. The Balaban J connectivity index is -0.0000000575. The molecule has 7 heteroatoms. The summed E-state index contributed by atoms with van der Waals surface area (Å²) in [6, 6.07) is 0. The van der Waals surface area contributed by atoms with Gasteiger partial charge in [0.1, 0.15) is 0 Å². The van der Waals surface area contributed by atoms with E-state index in [1.807, 2.05) is 0 Å². The lowest BCUT2D eigenvalue weighted by Crippen LogP contribution is -1.49. The third-order valence-corrected chi connectivity index (χ3v) is 0. The molecule has 0 amide bonds. The largest absolute Gasteiger partial charge is 0.483 e. The fraction of sp³-hybridized carbons (Fsp3) is 0. The molecular formula is CH8O5P2. The fourth-order valence-corrected chi connectivity index (χ4v) is 0. The van der Waals surface area contributed by atoms with Gasteiger partial charge in [0, 0.05) is 0 Å². The van der Waals surface area contributed by atoms with Crippen molar-refractivity contribution in [3.05, 3.63) is 0 Å². The minimum atomic E-state index is -3.13. The van der Waals surface area contributed by atoms with Gasteiger partial charge >= 0.3 is 8.25 Å². The standard InChI is InChI=1S/CH2O2.H3O3P.H3P/c2-1-3;1-4(2)3;/h1H,(H,2,3);4H,(H2,1,2,3);1H3. The molecule has 8 heavy (non-hydrogen) atoms. The lowest BCUT2D eigenvalue weighted by molar-refractivity contribution is -0.122. The fourth-order valence-electron chi connectivity index (χ4n) is 0. The van der Waals surface area contributed by atoms with E-state index in [9.17, 15) is 0 Å². The molecule has 0 aromatic carbocycles. The Hall–Kier alpha value is 0.0500. The normalized spacial score (nSPS) is 5.88. The van der Waals surface area contributed by atoms with Gasteiger partial charge in [-0.25, -0.2) is 0 Å². The second kappa shape index (κ2) is 15.7. The van der Waals surface area contributed by atoms with E-state index in [4.69, 9.17) is 24.3 Å². The summed E-state index contributed by atoms with van der Waals surface area (Å²) in [5.74, 6) is 0. The summed E-state index contributed by atoms with van der Waals surface area (Å²) in [5.41, 5.74) is 0. The highest BCUT2D eigenvalue weighted by Crippen LogP contribution is 1.98. The van der Waals surface area contributed by atoms with Crippen LogP contribution in [0.3, 0.4) is 0 Å². The Kier molecular flexibility index (Phi) is 30.9. The van der Waals surface area contributed by atoms with Crippen molar-refractivity contribution in [2.24, 2.45) is 0 Å². The monoisotopic (exact) mass is 162 g/mol. The molecular weight excluding hydrogens is 154 g/mol. The van der Waals surface area contributed by atoms with Crippen molar-refractivity contribution in [2.75, 3.05) is 0 Å². The van der Waals surface area contributed by atoms with Gasteiger partial charge in [-0.3, -0.25) is 9.36 Å². The molecule has 0 aliphatic heterocycles. The molecule has 0 saturated heterocycles.